The first-order chi connectivity index (χ1) is 9.99. The van der Waals surface area contributed by atoms with Crippen LogP contribution in [0.5, 0.6) is 0 Å². The van der Waals surface area contributed by atoms with E-state index in [-0.39, 0.29) is 17.7 Å². The van der Waals surface area contributed by atoms with Crippen LogP contribution in [0.4, 0.5) is 5.69 Å². The monoisotopic (exact) mass is 288 g/mol. The van der Waals surface area contributed by atoms with Crippen molar-refractivity contribution in [2.45, 2.75) is 33.6 Å². The number of carbonyl (C=O) groups excluding carboxylic acids is 2. The summed E-state index contributed by atoms with van der Waals surface area (Å²) >= 11 is 0. The maximum atomic E-state index is 12.2. The Balaban J connectivity index is 1.96. The average molecular weight is 288 g/mol. The molecule has 2 rings (SSSR count). The van der Waals surface area contributed by atoms with Crippen LogP contribution in [-0.2, 0) is 9.59 Å². The molecular weight excluding hydrogens is 264 g/mol. The van der Waals surface area contributed by atoms with Crippen molar-refractivity contribution in [3.8, 4) is 0 Å². The zero-order chi connectivity index (χ0) is 15.4. The van der Waals surface area contributed by atoms with E-state index in [9.17, 15) is 9.59 Å². The fraction of sp³-hybridized carbons (Fsp3) is 0.529. The zero-order valence-electron chi connectivity index (χ0n) is 13.1. The lowest BCUT2D eigenvalue weighted by atomic mass is 10.1. The first-order valence-corrected chi connectivity index (χ1v) is 7.62. The van der Waals surface area contributed by atoms with Crippen LogP contribution in [-0.4, -0.2) is 24.9 Å². The Bertz CT molecular complexity index is 525. The molecule has 1 fully saturated rings. The lowest BCUT2D eigenvalue weighted by molar-refractivity contribution is -0.126. The summed E-state index contributed by atoms with van der Waals surface area (Å²) in [6.07, 6.45) is 1.27. The molecule has 1 N–H and O–H groups in total. The van der Waals surface area contributed by atoms with E-state index in [1.54, 1.807) is 4.90 Å². The van der Waals surface area contributed by atoms with Gasteiger partial charge in [0.25, 0.3) is 0 Å². The second-order valence-corrected chi connectivity index (χ2v) is 6.17. The molecule has 4 heteroatoms. The Kier molecular flexibility index (Phi) is 4.99. The molecule has 1 heterocycles. The molecule has 0 unspecified atom stereocenters. The number of amides is 2. The molecule has 0 saturated carbocycles. The van der Waals surface area contributed by atoms with E-state index >= 15 is 0 Å². The number of aryl methyl sites for hydroxylation is 1. The second-order valence-electron chi connectivity index (χ2n) is 6.17. The summed E-state index contributed by atoms with van der Waals surface area (Å²) in [6, 6.07) is 7.80. The molecule has 1 aliphatic rings. The van der Waals surface area contributed by atoms with Gasteiger partial charge in [-0.15, -0.1) is 0 Å². The molecule has 0 aromatic heterocycles. The van der Waals surface area contributed by atoms with Crippen LogP contribution in [0.2, 0.25) is 0 Å². The normalized spacial score (nSPS) is 18.4. The number of benzene rings is 1. The van der Waals surface area contributed by atoms with E-state index in [2.05, 4.69) is 19.2 Å². The number of rotatable bonds is 5. The molecule has 1 aromatic carbocycles. The summed E-state index contributed by atoms with van der Waals surface area (Å²) in [5, 5.41) is 2.95. The minimum absolute atomic E-state index is 0.0000779. The zero-order valence-corrected chi connectivity index (χ0v) is 13.1. The second kappa shape index (κ2) is 6.74. The Morgan fingerprint density at radius 1 is 1.38 bits per heavy atom. The summed E-state index contributed by atoms with van der Waals surface area (Å²) in [6.45, 7) is 7.41. The topological polar surface area (TPSA) is 49.4 Å². The van der Waals surface area contributed by atoms with E-state index in [0.29, 0.717) is 25.4 Å². The van der Waals surface area contributed by atoms with Gasteiger partial charge in [-0.25, -0.2) is 0 Å². The summed E-state index contributed by atoms with van der Waals surface area (Å²) in [4.78, 5) is 26.1. The van der Waals surface area contributed by atoms with Gasteiger partial charge in [0.1, 0.15) is 0 Å². The van der Waals surface area contributed by atoms with Crippen LogP contribution in [0.15, 0.2) is 24.3 Å². The fourth-order valence-corrected chi connectivity index (χ4v) is 2.61. The highest BCUT2D eigenvalue weighted by atomic mass is 16.2. The van der Waals surface area contributed by atoms with E-state index in [1.165, 1.54) is 0 Å². The smallest absolute Gasteiger partial charge is 0.227 e. The van der Waals surface area contributed by atoms with Crippen molar-refractivity contribution in [1.82, 2.24) is 5.32 Å². The Morgan fingerprint density at radius 3 is 2.76 bits per heavy atom. The Labute approximate surface area is 126 Å². The predicted molar refractivity (Wildman–Crippen MR) is 84.1 cm³/mol. The molecule has 21 heavy (non-hydrogen) atoms. The van der Waals surface area contributed by atoms with Crippen molar-refractivity contribution in [3.05, 3.63) is 29.8 Å². The summed E-state index contributed by atoms with van der Waals surface area (Å²) in [7, 11) is 0. The van der Waals surface area contributed by atoms with Crippen LogP contribution in [0, 0.1) is 18.8 Å². The van der Waals surface area contributed by atoms with Crippen LogP contribution in [0.3, 0.4) is 0 Å². The Hall–Kier alpha value is -1.84. The molecule has 1 saturated heterocycles. The van der Waals surface area contributed by atoms with Gasteiger partial charge in [0.05, 0.1) is 5.92 Å². The third-order valence-electron chi connectivity index (χ3n) is 3.92. The SMILES string of the molecule is Cc1ccccc1N1C[C@H](C(=O)NCCC(C)C)CC1=O. The third kappa shape index (κ3) is 3.84. The number of hydrogen-bond acceptors (Lipinski definition) is 2. The van der Waals surface area contributed by atoms with E-state index in [4.69, 9.17) is 0 Å². The summed E-state index contributed by atoms with van der Waals surface area (Å²) < 4.78 is 0. The third-order valence-corrected chi connectivity index (χ3v) is 3.92. The minimum atomic E-state index is -0.232. The molecule has 4 nitrogen and oxygen atoms in total. The molecule has 1 aromatic rings. The van der Waals surface area contributed by atoms with Crippen LogP contribution in [0.1, 0.15) is 32.3 Å². The number of nitrogens with zero attached hydrogens (tertiary/aromatic N) is 1. The van der Waals surface area contributed by atoms with Gasteiger partial charge in [0.15, 0.2) is 0 Å². The molecule has 0 radical (unpaired) electrons. The molecule has 1 aliphatic heterocycles. The van der Waals surface area contributed by atoms with Crippen LogP contribution < -0.4 is 10.2 Å². The lowest BCUT2D eigenvalue weighted by Crippen LogP contribution is -2.34. The van der Waals surface area contributed by atoms with Gasteiger partial charge >= 0.3 is 0 Å². The van der Waals surface area contributed by atoms with Crippen molar-refractivity contribution in [3.63, 3.8) is 0 Å². The quantitative estimate of drug-likeness (QED) is 0.905. The maximum absolute atomic E-state index is 12.2. The standard InChI is InChI=1S/C17H24N2O2/c1-12(2)8-9-18-17(21)14-10-16(20)19(11-14)15-7-5-4-6-13(15)3/h4-7,12,14H,8-11H2,1-3H3,(H,18,21)/t14-/m1/s1. The average Bonchev–Trinajstić information content (AvgIpc) is 2.81. The summed E-state index contributed by atoms with van der Waals surface area (Å²) in [5.74, 6) is 0.372. The largest absolute Gasteiger partial charge is 0.356 e. The van der Waals surface area contributed by atoms with Crippen LogP contribution in [0.25, 0.3) is 0 Å². The van der Waals surface area contributed by atoms with E-state index in [0.717, 1.165) is 17.7 Å². The van der Waals surface area contributed by atoms with Gasteiger partial charge in [-0.1, -0.05) is 32.0 Å². The first kappa shape index (κ1) is 15.5. The first-order valence-electron chi connectivity index (χ1n) is 7.62. The molecule has 0 spiro atoms. The minimum Gasteiger partial charge on any atom is -0.356 e. The molecule has 0 aliphatic carbocycles. The van der Waals surface area contributed by atoms with Crippen molar-refractivity contribution < 1.29 is 9.59 Å². The maximum Gasteiger partial charge on any atom is 0.227 e. The molecule has 114 valence electrons. The fourth-order valence-electron chi connectivity index (χ4n) is 2.61. The summed E-state index contributed by atoms with van der Waals surface area (Å²) in [5.41, 5.74) is 1.98. The van der Waals surface area contributed by atoms with Gasteiger partial charge in [-0.2, -0.15) is 0 Å². The molecule has 0 bridgehead atoms. The predicted octanol–water partition coefficient (Wildman–Crippen LogP) is 2.51. The van der Waals surface area contributed by atoms with Gasteiger partial charge in [0, 0.05) is 25.2 Å². The highest BCUT2D eigenvalue weighted by Gasteiger charge is 2.35. The van der Waals surface area contributed by atoms with Gasteiger partial charge in [-0.3, -0.25) is 9.59 Å². The van der Waals surface area contributed by atoms with Gasteiger partial charge < -0.3 is 10.2 Å². The number of para-hydroxylation sites is 1. The van der Waals surface area contributed by atoms with Crippen molar-refractivity contribution >= 4 is 17.5 Å². The number of carbonyl (C=O) groups is 2. The van der Waals surface area contributed by atoms with Crippen molar-refractivity contribution in [2.24, 2.45) is 11.8 Å². The highest BCUT2D eigenvalue weighted by Crippen LogP contribution is 2.27. The van der Waals surface area contributed by atoms with Crippen molar-refractivity contribution in [2.75, 3.05) is 18.0 Å². The molecular formula is C17H24N2O2. The van der Waals surface area contributed by atoms with E-state index in [1.807, 2.05) is 31.2 Å². The number of anilines is 1. The molecule has 1 atom stereocenters. The number of hydrogen-bond donors (Lipinski definition) is 1. The van der Waals surface area contributed by atoms with Gasteiger partial charge in [0.2, 0.25) is 11.8 Å². The number of nitrogens with one attached hydrogen (secondary N) is 1. The van der Waals surface area contributed by atoms with E-state index < -0.39 is 0 Å². The van der Waals surface area contributed by atoms with Crippen LogP contribution >= 0.6 is 0 Å². The molecule has 2 amide bonds. The van der Waals surface area contributed by atoms with Crippen molar-refractivity contribution in [1.29, 1.82) is 0 Å². The highest BCUT2D eigenvalue weighted by molar-refractivity contribution is 6.00. The van der Waals surface area contributed by atoms with Gasteiger partial charge in [-0.05, 0) is 30.9 Å². The Morgan fingerprint density at radius 2 is 2.10 bits per heavy atom. The lowest BCUT2D eigenvalue weighted by Gasteiger charge is -2.19.